The van der Waals surface area contributed by atoms with Crippen molar-refractivity contribution in [3.63, 3.8) is 0 Å². The zero-order valence-electron chi connectivity index (χ0n) is 7.41. The van der Waals surface area contributed by atoms with Crippen molar-refractivity contribution in [2.45, 2.75) is 38.4 Å². The predicted octanol–water partition coefficient (Wildman–Crippen LogP) is 1.89. The maximum absolute atomic E-state index is 9.33. The van der Waals surface area contributed by atoms with Crippen molar-refractivity contribution < 1.29 is 10.2 Å². The maximum Gasteiger partial charge on any atom is 0.0888 e. The van der Waals surface area contributed by atoms with Crippen molar-refractivity contribution in [1.82, 2.24) is 0 Å². The Morgan fingerprint density at radius 1 is 1.25 bits per heavy atom. The van der Waals surface area contributed by atoms with E-state index in [9.17, 15) is 10.2 Å². The molecule has 0 rings (SSSR count). The lowest BCUT2D eigenvalue weighted by atomic mass is 10.1. The molecule has 0 saturated carbocycles. The molecule has 0 spiro atoms. The minimum absolute atomic E-state index is 0.566. The van der Waals surface area contributed by atoms with Crippen molar-refractivity contribution in [1.29, 1.82) is 0 Å². The van der Waals surface area contributed by atoms with Crippen LogP contribution in [0.25, 0.3) is 0 Å². The molecule has 0 aliphatic carbocycles. The molecule has 0 aromatic heterocycles. The third kappa shape index (κ3) is 5.97. The van der Waals surface area contributed by atoms with Crippen LogP contribution in [0.15, 0.2) is 12.2 Å². The lowest BCUT2D eigenvalue weighted by molar-refractivity contribution is 0.0315. The summed E-state index contributed by atoms with van der Waals surface area (Å²) in [5.41, 5.74) is 0. The van der Waals surface area contributed by atoms with E-state index in [1.165, 1.54) is 0 Å². The molecule has 0 heterocycles. The summed E-state index contributed by atoms with van der Waals surface area (Å²) in [6.07, 6.45) is 5.52. The zero-order chi connectivity index (χ0) is 9.40. The summed E-state index contributed by atoms with van der Waals surface area (Å²) in [5, 5.41) is 18.5. The molecule has 0 unspecified atom stereocenters. The van der Waals surface area contributed by atoms with E-state index in [0.29, 0.717) is 10.8 Å². The summed E-state index contributed by atoms with van der Waals surface area (Å²) in [6.45, 7) is 2.08. The van der Waals surface area contributed by atoms with Gasteiger partial charge in [0.15, 0.2) is 0 Å². The normalized spacial score (nSPS) is 16.7. The van der Waals surface area contributed by atoms with Gasteiger partial charge in [0.1, 0.15) is 0 Å². The van der Waals surface area contributed by atoms with Crippen LogP contribution in [0, 0.1) is 0 Å². The molecule has 0 aliphatic rings. The molecule has 0 aromatic carbocycles. The minimum atomic E-state index is -0.569. The van der Waals surface area contributed by atoms with Crippen molar-refractivity contribution >= 4 is 22.6 Å². The van der Waals surface area contributed by atoms with Gasteiger partial charge in [-0.15, -0.1) is 0 Å². The molecule has 0 radical (unpaired) electrons. The number of aliphatic hydroxyl groups is 2. The average molecular weight is 284 g/mol. The van der Waals surface area contributed by atoms with Gasteiger partial charge in [-0.2, -0.15) is 0 Å². The van der Waals surface area contributed by atoms with Gasteiger partial charge in [0.2, 0.25) is 0 Å². The van der Waals surface area contributed by atoms with E-state index in [2.05, 4.69) is 35.6 Å². The quantitative estimate of drug-likeness (QED) is 0.444. The first kappa shape index (κ1) is 12.4. The van der Waals surface area contributed by atoms with Crippen molar-refractivity contribution in [2.24, 2.45) is 0 Å². The van der Waals surface area contributed by atoms with Crippen molar-refractivity contribution in [3.8, 4) is 0 Å². The van der Waals surface area contributed by atoms with Gasteiger partial charge in [0.25, 0.3) is 0 Å². The van der Waals surface area contributed by atoms with Gasteiger partial charge in [-0.25, -0.2) is 0 Å². The number of halogens is 1. The van der Waals surface area contributed by atoms with Crippen LogP contribution >= 0.6 is 22.6 Å². The lowest BCUT2D eigenvalue weighted by Gasteiger charge is -2.13. The average Bonchev–Trinajstić information content (AvgIpc) is 2.10. The predicted molar refractivity (Wildman–Crippen MR) is 59.6 cm³/mol. The summed E-state index contributed by atoms with van der Waals surface area (Å²) in [5.74, 6) is 0. The first-order valence-corrected chi connectivity index (χ1v) is 5.82. The highest BCUT2D eigenvalue weighted by atomic mass is 127. The maximum atomic E-state index is 9.33. The van der Waals surface area contributed by atoms with Crippen LogP contribution in [0.1, 0.15) is 26.2 Å². The molecule has 0 saturated heterocycles. The van der Waals surface area contributed by atoms with Crippen LogP contribution in [0.4, 0.5) is 0 Å². The van der Waals surface area contributed by atoms with Crippen LogP contribution in [0.3, 0.4) is 0 Å². The fourth-order valence-electron chi connectivity index (χ4n) is 0.847. The Kier molecular flexibility index (Phi) is 8.27. The highest BCUT2D eigenvalue weighted by Crippen LogP contribution is 2.05. The molecule has 2 atom stereocenters. The zero-order valence-corrected chi connectivity index (χ0v) is 9.57. The molecule has 0 aromatic rings. The van der Waals surface area contributed by atoms with E-state index < -0.39 is 12.2 Å². The molecular formula is C9H17IO2. The van der Waals surface area contributed by atoms with Crippen molar-refractivity contribution in [2.75, 3.05) is 4.43 Å². The molecular weight excluding hydrogens is 267 g/mol. The van der Waals surface area contributed by atoms with Crippen LogP contribution in [-0.2, 0) is 0 Å². The number of allylic oxidation sites excluding steroid dienone is 2. The Morgan fingerprint density at radius 3 is 2.42 bits per heavy atom. The number of hydrogen-bond donors (Lipinski definition) is 2. The molecule has 2 nitrogen and oxygen atoms in total. The highest BCUT2D eigenvalue weighted by molar-refractivity contribution is 14.1. The van der Waals surface area contributed by atoms with E-state index >= 15 is 0 Å². The highest BCUT2D eigenvalue weighted by Gasteiger charge is 2.12. The standard InChI is InChI=1S/C9H17IO2/c1-2-3-4-5-6-8(11)9(12)7-10/h3-4,8-9,11-12H,2,5-7H2,1H3/b4-3-/t8-,9-/m0/s1. The van der Waals surface area contributed by atoms with Crippen LogP contribution in [0.2, 0.25) is 0 Å². The van der Waals surface area contributed by atoms with Gasteiger partial charge in [0, 0.05) is 4.43 Å². The Morgan fingerprint density at radius 2 is 1.92 bits per heavy atom. The van der Waals surface area contributed by atoms with E-state index in [1.807, 2.05) is 6.08 Å². The van der Waals surface area contributed by atoms with Crippen LogP contribution in [-0.4, -0.2) is 26.8 Å². The minimum Gasteiger partial charge on any atom is -0.390 e. The first-order valence-electron chi connectivity index (χ1n) is 4.29. The molecule has 0 fully saturated rings. The number of alkyl halides is 1. The number of rotatable bonds is 6. The number of hydrogen-bond acceptors (Lipinski definition) is 2. The third-order valence-electron chi connectivity index (χ3n) is 1.63. The molecule has 2 N–H and O–H groups in total. The Bertz CT molecular complexity index is 126. The Labute approximate surface area is 87.8 Å². The topological polar surface area (TPSA) is 40.5 Å². The summed E-state index contributed by atoms with van der Waals surface area (Å²) in [7, 11) is 0. The van der Waals surface area contributed by atoms with Gasteiger partial charge < -0.3 is 10.2 Å². The third-order valence-corrected chi connectivity index (χ3v) is 2.54. The molecule has 0 amide bonds. The van der Waals surface area contributed by atoms with Crippen molar-refractivity contribution in [3.05, 3.63) is 12.2 Å². The largest absolute Gasteiger partial charge is 0.390 e. The Balaban J connectivity index is 3.43. The molecule has 0 aliphatic heterocycles. The smallest absolute Gasteiger partial charge is 0.0888 e. The van der Waals surface area contributed by atoms with E-state index in [0.717, 1.165) is 12.8 Å². The SMILES string of the molecule is CC/C=C\CC[C@H](O)[C@@H](O)CI. The van der Waals surface area contributed by atoms with Gasteiger partial charge in [0.05, 0.1) is 12.2 Å². The van der Waals surface area contributed by atoms with Gasteiger partial charge in [-0.05, 0) is 19.3 Å². The molecule has 3 heteroatoms. The molecule has 12 heavy (non-hydrogen) atoms. The van der Waals surface area contributed by atoms with Crippen LogP contribution < -0.4 is 0 Å². The lowest BCUT2D eigenvalue weighted by Crippen LogP contribution is -2.26. The summed E-state index contributed by atoms with van der Waals surface area (Å²) in [4.78, 5) is 0. The van der Waals surface area contributed by atoms with E-state index in [1.54, 1.807) is 0 Å². The number of aliphatic hydroxyl groups excluding tert-OH is 2. The monoisotopic (exact) mass is 284 g/mol. The van der Waals surface area contributed by atoms with Crippen LogP contribution in [0.5, 0.6) is 0 Å². The van der Waals surface area contributed by atoms with E-state index in [-0.39, 0.29) is 0 Å². The molecule has 72 valence electrons. The second-order valence-corrected chi connectivity index (χ2v) is 3.63. The fourth-order valence-corrected chi connectivity index (χ4v) is 1.43. The Hall–Kier alpha value is 0.390. The summed E-state index contributed by atoms with van der Waals surface area (Å²) >= 11 is 2.07. The first-order chi connectivity index (χ1) is 5.72. The second-order valence-electron chi connectivity index (χ2n) is 2.75. The summed E-state index contributed by atoms with van der Waals surface area (Å²) in [6, 6.07) is 0. The molecule has 0 bridgehead atoms. The van der Waals surface area contributed by atoms with Gasteiger partial charge >= 0.3 is 0 Å². The fraction of sp³-hybridized carbons (Fsp3) is 0.778. The van der Waals surface area contributed by atoms with Gasteiger partial charge in [-0.3, -0.25) is 0 Å². The van der Waals surface area contributed by atoms with E-state index in [4.69, 9.17) is 0 Å². The second kappa shape index (κ2) is 8.01. The summed E-state index contributed by atoms with van der Waals surface area (Å²) < 4.78 is 0.594. The van der Waals surface area contributed by atoms with Gasteiger partial charge in [-0.1, -0.05) is 41.7 Å².